The number of aliphatic hydroxyl groups excluding tert-OH is 1. The molecule has 49 valence electrons. The van der Waals surface area contributed by atoms with Gasteiger partial charge in [-0.2, -0.15) is 0 Å². The van der Waals surface area contributed by atoms with E-state index in [-0.39, 0.29) is 6.61 Å². The molecule has 2 heteroatoms. The van der Waals surface area contributed by atoms with Gasteiger partial charge in [0.05, 0.1) is 19.8 Å². The van der Waals surface area contributed by atoms with Crippen molar-refractivity contribution in [1.29, 1.82) is 0 Å². The summed E-state index contributed by atoms with van der Waals surface area (Å²) in [5.41, 5.74) is 0. The fourth-order valence-corrected chi connectivity index (χ4v) is 0.341. The Bertz CT molecular complexity index is 43.8. The number of hydrogen-bond acceptors (Lipinski definition) is 2. The van der Waals surface area contributed by atoms with E-state index in [4.69, 9.17) is 9.84 Å². The molecular weight excluding hydrogens is 104 g/mol. The summed E-state index contributed by atoms with van der Waals surface area (Å²) in [6, 6.07) is 0. The van der Waals surface area contributed by atoms with Gasteiger partial charge >= 0.3 is 0 Å². The summed E-state index contributed by atoms with van der Waals surface area (Å²) in [4.78, 5) is 0. The molecule has 0 atom stereocenters. The number of aliphatic hydroxyl groups is 1. The van der Waals surface area contributed by atoms with E-state index in [0.717, 1.165) is 0 Å². The Balaban J connectivity index is 2.72. The number of ether oxygens (including phenoxy) is 1. The predicted octanol–water partition coefficient (Wildman–Crippen LogP) is 0.610. The smallest absolute Gasteiger partial charge is 0.0697 e. The zero-order valence-electron chi connectivity index (χ0n) is 5.48. The number of hydrogen-bond donors (Lipinski definition) is 1. The van der Waals surface area contributed by atoms with Gasteiger partial charge in [-0.05, 0) is 5.92 Å². The third-order valence-corrected chi connectivity index (χ3v) is 0.626. The van der Waals surface area contributed by atoms with Crippen LogP contribution < -0.4 is 0 Å². The highest BCUT2D eigenvalue weighted by Crippen LogP contribution is 1.93. The summed E-state index contributed by atoms with van der Waals surface area (Å²) >= 11 is 0. The Morgan fingerprint density at radius 2 is 2.12 bits per heavy atom. The fourth-order valence-electron chi connectivity index (χ4n) is 0.341. The molecule has 0 saturated heterocycles. The zero-order valence-corrected chi connectivity index (χ0v) is 5.48. The van der Waals surface area contributed by atoms with Gasteiger partial charge in [0.25, 0.3) is 0 Å². The molecule has 0 aromatic carbocycles. The van der Waals surface area contributed by atoms with Crippen LogP contribution in [0.4, 0.5) is 0 Å². The van der Waals surface area contributed by atoms with E-state index >= 15 is 0 Å². The van der Waals surface area contributed by atoms with E-state index in [1.165, 1.54) is 5.92 Å². The Morgan fingerprint density at radius 3 is 2.50 bits per heavy atom. The van der Waals surface area contributed by atoms with Crippen LogP contribution in [0.2, 0.25) is 0 Å². The molecule has 0 spiro atoms. The Hall–Kier alpha value is -0.0800. The van der Waals surface area contributed by atoms with E-state index in [9.17, 15) is 0 Å². The van der Waals surface area contributed by atoms with Gasteiger partial charge in [0.2, 0.25) is 0 Å². The number of rotatable bonds is 4. The summed E-state index contributed by atoms with van der Waals surface area (Å²) in [5, 5.41) is 8.24. The molecule has 0 aliphatic rings. The van der Waals surface area contributed by atoms with Crippen LogP contribution in [-0.4, -0.2) is 24.9 Å². The highest BCUT2D eigenvalue weighted by atomic mass is 16.5. The van der Waals surface area contributed by atoms with Crippen molar-refractivity contribution in [3.63, 3.8) is 0 Å². The third-order valence-electron chi connectivity index (χ3n) is 0.626. The van der Waals surface area contributed by atoms with Crippen molar-refractivity contribution in [1.82, 2.24) is 0 Å². The molecule has 1 N–H and O–H groups in total. The molecular formula is C6H13O2. The minimum absolute atomic E-state index is 0.118. The minimum atomic E-state index is 0.118. The summed E-state index contributed by atoms with van der Waals surface area (Å²) in [7, 11) is 0. The van der Waals surface area contributed by atoms with E-state index in [1.807, 2.05) is 13.8 Å². The molecule has 2 nitrogen and oxygen atoms in total. The SMILES string of the molecule is C[C](C)COCCO. The van der Waals surface area contributed by atoms with Crippen molar-refractivity contribution < 1.29 is 9.84 Å². The second kappa shape index (κ2) is 5.06. The van der Waals surface area contributed by atoms with Gasteiger partial charge in [-0.3, -0.25) is 0 Å². The molecule has 0 aromatic heterocycles. The Kier molecular flexibility index (Phi) is 5.01. The van der Waals surface area contributed by atoms with Gasteiger partial charge in [0.15, 0.2) is 0 Å². The average molecular weight is 117 g/mol. The molecule has 8 heavy (non-hydrogen) atoms. The van der Waals surface area contributed by atoms with Gasteiger partial charge in [0, 0.05) is 0 Å². The summed E-state index contributed by atoms with van der Waals surface area (Å²) in [6.45, 7) is 5.23. The monoisotopic (exact) mass is 117 g/mol. The van der Waals surface area contributed by atoms with Crippen molar-refractivity contribution >= 4 is 0 Å². The lowest BCUT2D eigenvalue weighted by molar-refractivity contribution is 0.1000. The van der Waals surface area contributed by atoms with Crippen molar-refractivity contribution in [2.75, 3.05) is 19.8 Å². The molecule has 0 saturated carbocycles. The van der Waals surface area contributed by atoms with E-state index in [1.54, 1.807) is 0 Å². The zero-order chi connectivity index (χ0) is 6.41. The van der Waals surface area contributed by atoms with Gasteiger partial charge in [-0.15, -0.1) is 0 Å². The largest absolute Gasteiger partial charge is 0.394 e. The molecule has 0 bridgehead atoms. The van der Waals surface area contributed by atoms with Crippen molar-refractivity contribution in [3.05, 3.63) is 5.92 Å². The second-order valence-corrected chi connectivity index (χ2v) is 1.98. The van der Waals surface area contributed by atoms with Gasteiger partial charge in [-0.25, -0.2) is 0 Å². The molecule has 0 rings (SSSR count). The van der Waals surface area contributed by atoms with Crippen molar-refractivity contribution in [3.8, 4) is 0 Å². The maximum Gasteiger partial charge on any atom is 0.0697 e. The quantitative estimate of drug-likeness (QED) is 0.547. The summed E-state index contributed by atoms with van der Waals surface area (Å²) in [5.74, 6) is 1.23. The van der Waals surface area contributed by atoms with Crippen molar-refractivity contribution in [2.45, 2.75) is 13.8 Å². The van der Waals surface area contributed by atoms with Crippen LogP contribution in [0.1, 0.15) is 13.8 Å². The standard InChI is InChI=1S/C6H13O2/c1-6(2)5-8-4-3-7/h7H,3-5H2,1-2H3. The molecule has 0 aliphatic heterocycles. The fraction of sp³-hybridized carbons (Fsp3) is 0.833. The van der Waals surface area contributed by atoms with Gasteiger partial charge in [0.1, 0.15) is 0 Å². The lowest BCUT2D eigenvalue weighted by atomic mass is 10.2. The normalized spacial score (nSPS) is 10.5. The highest BCUT2D eigenvalue weighted by Gasteiger charge is 1.91. The molecule has 0 amide bonds. The van der Waals surface area contributed by atoms with Crippen LogP contribution >= 0.6 is 0 Å². The first-order valence-corrected chi connectivity index (χ1v) is 2.75. The van der Waals surface area contributed by atoms with E-state index in [2.05, 4.69) is 0 Å². The molecule has 0 heterocycles. The predicted molar refractivity (Wildman–Crippen MR) is 32.5 cm³/mol. The topological polar surface area (TPSA) is 29.5 Å². The van der Waals surface area contributed by atoms with Crippen molar-refractivity contribution in [2.24, 2.45) is 0 Å². The lowest BCUT2D eigenvalue weighted by Crippen LogP contribution is -2.03. The van der Waals surface area contributed by atoms with Crippen LogP contribution in [0.3, 0.4) is 0 Å². The summed E-state index contributed by atoms with van der Waals surface area (Å²) < 4.78 is 4.96. The first-order chi connectivity index (χ1) is 3.77. The molecule has 1 radical (unpaired) electrons. The highest BCUT2D eigenvalue weighted by molar-refractivity contribution is 4.74. The maximum atomic E-state index is 8.24. The molecule has 0 aliphatic carbocycles. The van der Waals surface area contributed by atoms with Gasteiger partial charge < -0.3 is 9.84 Å². The second-order valence-electron chi connectivity index (χ2n) is 1.98. The molecule has 0 aromatic rings. The van der Waals surface area contributed by atoms with Crippen LogP contribution in [0.15, 0.2) is 0 Å². The first-order valence-electron chi connectivity index (χ1n) is 2.75. The molecule has 0 fully saturated rings. The van der Waals surface area contributed by atoms with Crippen LogP contribution in [0.5, 0.6) is 0 Å². The van der Waals surface area contributed by atoms with E-state index < -0.39 is 0 Å². The lowest BCUT2D eigenvalue weighted by Gasteiger charge is -2.02. The third kappa shape index (κ3) is 5.92. The first kappa shape index (κ1) is 7.92. The maximum absolute atomic E-state index is 8.24. The molecule has 0 unspecified atom stereocenters. The van der Waals surface area contributed by atoms with E-state index in [0.29, 0.717) is 13.2 Å². The van der Waals surface area contributed by atoms with Gasteiger partial charge in [-0.1, -0.05) is 13.8 Å². The Morgan fingerprint density at radius 1 is 1.50 bits per heavy atom. The van der Waals surface area contributed by atoms with Crippen LogP contribution in [0, 0.1) is 5.92 Å². The Labute approximate surface area is 50.5 Å². The average Bonchev–Trinajstić information content (AvgIpc) is 1.66. The minimum Gasteiger partial charge on any atom is -0.394 e. The summed E-state index contributed by atoms with van der Waals surface area (Å²) in [6.07, 6.45) is 0. The van der Waals surface area contributed by atoms with Crippen LogP contribution in [-0.2, 0) is 4.74 Å². The van der Waals surface area contributed by atoms with Crippen LogP contribution in [0.25, 0.3) is 0 Å².